The van der Waals surface area contributed by atoms with Crippen LogP contribution in [0.5, 0.6) is 0 Å². The number of nitrogens with one attached hydrogen (secondary N) is 1. The van der Waals surface area contributed by atoms with Gasteiger partial charge in [0.25, 0.3) is 0 Å². The summed E-state index contributed by atoms with van der Waals surface area (Å²) >= 11 is 2.06. The van der Waals surface area contributed by atoms with Crippen LogP contribution in [-0.2, 0) is 0 Å². The molecule has 0 amide bonds. The van der Waals surface area contributed by atoms with E-state index < -0.39 is 0 Å². The van der Waals surface area contributed by atoms with Crippen LogP contribution in [0.15, 0.2) is 0 Å². The SMILES string of the molecule is CCSCC(C)NC1CCCC(C2CC2)C1. The molecular formula is C14H27NS. The Bertz CT molecular complexity index is 203. The van der Waals surface area contributed by atoms with Crippen molar-refractivity contribution >= 4 is 11.8 Å². The Morgan fingerprint density at radius 3 is 2.69 bits per heavy atom. The molecule has 0 heterocycles. The summed E-state index contributed by atoms with van der Waals surface area (Å²) in [4.78, 5) is 0. The Labute approximate surface area is 105 Å². The van der Waals surface area contributed by atoms with E-state index in [1.807, 2.05) is 0 Å². The zero-order chi connectivity index (χ0) is 11.4. The van der Waals surface area contributed by atoms with Crippen LogP contribution in [0.1, 0.15) is 52.4 Å². The molecule has 0 aliphatic heterocycles. The predicted molar refractivity (Wildman–Crippen MR) is 74.1 cm³/mol. The lowest BCUT2D eigenvalue weighted by Crippen LogP contribution is -2.41. The largest absolute Gasteiger partial charge is 0.311 e. The van der Waals surface area contributed by atoms with Crippen molar-refractivity contribution in [3.8, 4) is 0 Å². The fraction of sp³-hybridized carbons (Fsp3) is 1.00. The molecule has 2 saturated carbocycles. The number of hydrogen-bond acceptors (Lipinski definition) is 2. The maximum atomic E-state index is 3.85. The highest BCUT2D eigenvalue weighted by Gasteiger charge is 2.34. The molecule has 0 radical (unpaired) electrons. The Kier molecular flexibility index (Phi) is 5.02. The number of rotatable bonds is 6. The highest BCUT2D eigenvalue weighted by molar-refractivity contribution is 7.99. The van der Waals surface area contributed by atoms with Gasteiger partial charge >= 0.3 is 0 Å². The van der Waals surface area contributed by atoms with Crippen molar-refractivity contribution in [1.29, 1.82) is 0 Å². The van der Waals surface area contributed by atoms with Crippen molar-refractivity contribution in [3.05, 3.63) is 0 Å². The van der Waals surface area contributed by atoms with Crippen molar-refractivity contribution in [3.63, 3.8) is 0 Å². The zero-order valence-corrected chi connectivity index (χ0v) is 11.7. The second kappa shape index (κ2) is 6.30. The van der Waals surface area contributed by atoms with Crippen molar-refractivity contribution in [2.75, 3.05) is 11.5 Å². The van der Waals surface area contributed by atoms with Crippen LogP contribution in [0, 0.1) is 11.8 Å². The van der Waals surface area contributed by atoms with Gasteiger partial charge in [-0.15, -0.1) is 0 Å². The van der Waals surface area contributed by atoms with Crippen LogP contribution in [0.2, 0.25) is 0 Å². The molecule has 0 bridgehead atoms. The third-order valence-corrected chi connectivity index (χ3v) is 5.24. The highest BCUT2D eigenvalue weighted by atomic mass is 32.2. The summed E-state index contributed by atoms with van der Waals surface area (Å²) in [7, 11) is 0. The average molecular weight is 241 g/mol. The summed E-state index contributed by atoms with van der Waals surface area (Å²) in [5.41, 5.74) is 0. The number of hydrogen-bond donors (Lipinski definition) is 1. The van der Waals surface area contributed by atoms with Gasteiger partial charge in [-0.2, -0.15) is 11.8 Å². The molecule has 0 aromatic heterocycles. The summed E-state index contributed by atoms with van der Waals surface area (Å²) in [6.07, 6.45) is 8.92. The molecule has 2 rings (SSSR count). The van der Waals surface area contributed by atoms with Gasteiger partial charge in [0.2, 0.25) is 0 Å². The smallest absolute Gasteiger partial charge is 0.0132 e. The maximum absolute atomic E-state index is 3.85. The minimum absolute atomic E-state index is 0.702. The van der Waals surface area contributed by atoms with Gasteiger partial charge in [0, 0.05) is 17.8 Å². The topological polar surface area (TPSA) is 12.0 Å². The molecule has 2 heteroatoms. The van der Waals surface area contributed by atoms with Crippen LogP contribution in [0.25, 0.3) is 0 Å². The van der Waals surface area contributed by atoms with Crippen LogP contribution in [0.4, 0.5) is 0 Å². The molecule has 3 unspecified atom stereocenters. The molecular weight excluding hydrogens is 214 g/mol. The first-order valence-electron chi connectivity index (χ1n) is 7.13. The van der Waals surface area contributed by atoms with Crippen molar-refractivity contribution in [1.82, 2.24) is 5.32 Å². The molecule has 16 heavy (non-hydrogen) atoms. The molecule has 0 spiro atoms. The van der Waals surface area contributed by atoms with Crippen LogP contribution < -0.4 is 5.32 Å². The summed E-state index contributed by atoms with van der Waals surface area (Å²) < 4.78 is 0. The second-order valence-electron chi connectivity index (χ2n) is 5.69. The molecule has 2 aliphatic rings. The molecule has 0 aromatic rings. The van der Waals surface area contributed by atoms with E-state index >= 15 is 0 Å². The molecule has 0 aromatic carbocycles. The molecule has 2 aliphatic carbocycles. The van der Waals surface area contributed by atoms with Gasteiger partial charge in [0.15, 0.2) is 0 Å². The van der Waals surface area contributed by atoms with Crippen molar-refractivity contribution in [2.45, 2.75) is 64.5 Å². The second-order valence-corrected chi connectivity index (χ2v) is 7.01. The van der Waals surface area contributed by atoms with Crippen LogP contribution in [-0.4, -0.2) is 23.6 Å². The first-order chi connectivity index (χ1) is 7.79. The summed E-state index contributed by atoms with van der Waals surface area (Å²) in [5, 5.41) is 3.85. The van der Waals surface area contributed by atoms with Gasteiger partial charge in [-0.05, 0) is 50.2 Å². The van der Waals surface area contributed by atoms with E-state index in [2.05, 4.69) is 30.9 Å². The lowest BCUT2D eigenvalue weighted by atomic mass is 9.82. The van der Waals surface area contributed by atoms with E-state index in [9.17, 15) is 0 Å². The minimum Gasteiger partial charge on any atom is -0.311 e. The monoisotopic (exact) mass is 241 g/mol. The van der Waals surface area contributed by atoms with Crippen LogP contribution in [0.3, 0.4) is 0 Å². The molecule has 3 atom stereocenters. The molecule has 2 fully saturated rings. The van der Waals surface area contributed by atoms with E-state index in [1.165, 1.54) is 50.0 Å². The minimum atomic E-state index is 0.702. The average Bonchev–Trinajstić information content (AvgIpc) is 3.10. The lowest BCUT2D eigenvalue weighted by Gasteiger charge is -2.32. The van der Waals surface area contributed by atoms with E-state index in [4.69, 9.17) is 0 Å². The summed E-state index contributed by atoms with van der Waals surface area (Å²) in [6.45, 7) is 4.60. The maximum Gasteiger partial charge on any atom is 0.0132 e. The van der Waals surface area contributed by atoms with Gasteiger partial charge < -0.3 is 5.32 Å². The summed E-state index contributed by atoms with van der Waals surface area (Å²) in [6, 6.07) is 1.53. The quantitative estimate of drug-likeness (QED) is 0.761. The summed E-state index contributed by atoms with van der Waals surface area (Å²) in [5.74, 6) is 4.71. The first-order valence-corrected chi connectivity index (χ1v) is 8.28. The van der Waals surface area contributed by atoms with Crippen LogP contribution >= 0.6 is 11.8 Å². The van der Waals surface area contributed by atoms with E-state index in [-0.39, 0.29) is 0 Å². The molecule has 94 valence electrons. The fourth-order valence-electron chi connectivity index (χ4n) is 3.12. The van der Waals surface area contributed by atoms with Gasteiger partial charge in [-0.1, -0.05) is 19.8 Å². The first kappa shape index (κ1) is 12.8. The van der Waals surface area contributed by atoms with E-state index in [0.717, 1.165) is 17.9 Å². The van der Waals surface area contributed by atoms with Gasteiger partial charge in [0.05, 0.1) is 0 Å². The van der Waals surface area contributed by atoms with E-state index in [0.29, 0.717) is 6.04 Å². The third-order valence-electron chi connectivity index (χ3n) is 4.10. The predicted octanol–water partition coefficient (Wildman–Crippen LogP) is 3.69. The Morgan fingerprint density at radius 2 is 2.00 bits per heavy atom. The molecule has 0 saturated heterocycles. The fourth-order valence-corrected chi connectivity index (χ4v) is 3.81. The van der Waals surface area contributed by atoms with Gasteiger partial charge in [0.1, 0.15) is 0 Å². The highest BCUT2D eigenvalue weighted by Crippen LogP contribution is 2.43. The Morgan fingerprint density at radius 1 is 1.19 bits per heavy atom. The Balaban J connectivity index is 1.67. The van der Waals surface area contributed by atoms with Crippen molar-refractivity contribution in [2.24, 2.45) is 11.8 Å². The van der Waals surface area contributed by atoms with E-state index in [1.54, 1.807) is 0 Å². The third kappa shape index (κ3) is 3.96. The van der Waals surface area contributed by atoms with Gasteiger partial charge in [-0.3, -0.25) is 0 Å². The normalized spacial score (nSPS) is 32.6. The lowest BCUT2D eigenvalue weighted by molar-refractivity contribution is 0.252. The Hall–Kier alpha value is 0.310. The van der Waals surface area contributed by atoms with Crippen molar-refractivity contribution < 1.29 is 0 Å². The number of thioether (sulfide) groups is 1. The molecule has 1 nitrogen and oxygen atoms in total. The standard InChI is InChI=1S/C14H27NS/c1-3-16-10-11(2)15-14-6-4-5-13(9-14)12-7-8-12/h11-15H,3-10H2,1-2H3. The zero-order valence-electron chi connectivity index (χ0n) is 10.9. The molecule has 1 N–H and O–H groups in total. The van der Waals surface area contributed by atoms with Gasteiger partial charge in [-0.25, -0.2) is 0 Å².